The molecule has 0 aromatic carbocycles. The van der Waals surface area contributed by atoms with Gasteiger partial charge in [0.25, 0.3) is 0 Å². The van der Waals surface area contributed by atoms with Gasteiger partial charge in [-0.2, -0.15) is 5.32 Å². The van der Waals surface area contributed by atoms with Gasteiger partial charge in [-0.3, -0.25) is 9.69 Å². The SMILES string of the molecule is NC(=O)N1CCC(=O)[N]C1=S. The molecule has 1 radical (unpaired) electrons. The number of primary amides is 1. The van der Waals surface area contributed by atoms with Crippen molar-refractivity contribution in [3.05, 3.63) is 0 Å². The van der Waals surface area contributed by atoms with Gasteiger partial charge in [0.15, 0.2) is 0 Å². The van der Waals surface area contributed by atoms with Crippen molar-refractivity contribution in [2.75, 3.05) is 6.54 Å². The van der Waals surface area contributed by atoms with Gasteiger partial charge in [0.2, 0.25) is 11.0 Å². The van der Waals surface area contributed by atoms with Crippen LogP contribution in [0.5, 0.6) is 0 Å². The lowest BCUT2D eigenvalue weighted by molar-refractivity contribution is -0.120. The lowest BCUT2D eigenvalue weighted by Crippen LogP contribution is -2.50. The fourth-order valence-electron chi connectivity index (χ4n) is 0.730. The van der Waals surface area contributed by atoms with Crippen LogP contribution in [0.3, 0.4) is 0 Å². The molecule has 1 rings (SSSR count). The van der Waals surface area contributed by atoms with Crippen LogP contribution < -0.4 is 11.1 Å². The maximum atomic E-state index is 10.6. The number of carbonyl (C=O) groups is 2. The summed E-state index contributed by atoms with van der Waals surface area (Å²) in [4.78, 5) is 22.3. The van der Waals surface area contributed by atoms with Gasteiger partial charge in [-0.25, -0.2) is 4.79 Å². The fourth-order valence-corrected chi connectivity index (χ4v) is 1.01. The normalized spacial score (nSPS) is 18.0. The van der Waals surface area contributed by atoms with Crippen LogP contribution in [0.1, 0.15) is 6.42 Å². The summed E-state index contributed by atoms with van der Waals surface area (Å²) in [5.74, 6) is -0.299. The van der Waals surface area contributed by atoms with E-state index in [1.165, 1.54) is 0 Å². The second kappa shape index (κ2) is 2.83. The van der Waals surface area contributed by atoms with E-state index >= 15 is 0 Å². The summed E-state index contributed by atoms with van der Waals surface area (Å²) in [6.07, 6.45) is 0.197. The molecular weight excluding hydrogens is 166 g/mol. The first kappa shape index (κ1) is 7.93. The highest BCUT2D eigenvalue weighted by atomic mass is 32.1. The van der Waals surface area contributed by atoms with Gasteiger partial charge < -0.3 is 5.73 Å². The monoisotopic (exact) mass is 172 g/mol. The summed E-state index contributed by atoms with van der Waals surface area (Å²) in [6, 6.07) is -0.661. The van der Waals surface area contributed by atoms with Crippen molar-refractivity contribution in [3.8, 4) is 0 Å². The minimum Gasteiger partial charge on any atom is -0.351 e. The summed E-state index contributed by atoms with van der Waals surface area (Å²) in [6.45, 7) is 0.247. The minimum atomic E-state index is -0.661. The quantitative estimate of drug-likeness (QED) is 0.485. The van der Waals surface area contributed by atoms with Crippen molar-refractivity contribution in [3.63, 3.8) is 0 Å². The molecule has 3 amide bonds. The molecule has 0 saturated carbocycles. The highest BCUT2D eigenvalue weighted by Crippen LogP contribution is 2.00. The van der Waals surface area contributed by atoms with Crippen LogP contribution in [-0.2, 0) is 4.79 Å². The molecule has 11 heavy (non-hydrogen) atoms. The molecule has 5 nitrogen and oxygen atoms in total. The first-order valence-corrected chi connectivity index (χ1v) is 3.37. The van der Waals surface area contributed by atoms with Crippen molar-refractivity contribution >= 4 is 29.3 Å². The van der Waals surface area contributed by atoms with Gasteiger partial charge in [-0.15, -0.1) is 0 Å². The van der Waals surface area contributed by atoms with Crippen molar-refractivity contribution in [1.29, 1.82) is 0 Å². The maximum absolute atomic E-state index is 10.6. The predicted molar refractivity (Wildman–Crippen MR) is 40.6 cm³/mol. The molecule has 0 atom stereocenters. The molecular formula is C5H6N3O2S. The average Bonchev–Trinajstić information content (AvgIpc) is 1.85. The number of thiocarbonyl (C=S) groups is 1. The second-order valence-electron chi connectivity index (χ2n) is 2.03. The average molecular weight is 172 g/mol. The summed E-state index contributed by atoms with van der Waals surface area (Å²) in [5, 5.41) is 3.37. The van der Waals surface area contributed by atoms with E-state index in [0.717, 1.165) is 4.90 Å². The molecule has 0 aliphatic carbocycles. The summed E-state index contributed by atoms with van der Waals surface area (Å²) in [7, 11) is 0. The molecule has 1 aliphatic rings. The molecule has 6 heteroatoms. The first-order valence-electron chi connectivity index (χ1n) is 2.97. The number of amides is 3. The lowest BCUT2D eigenvalue weighted by atomic mass is 10.3. The van der Waals surface area contributed by atoms with E-state index in [4.69, 9.17) is 5.73 Å². The van der Waals surface area contributed by atoms with Crippen LogP contribution in [-0.4, -0.2) is 28.5 Å². The third kappa shape index (κ3) is 1.64. The van der Waals surface area contributed by atoms with E-state index in [9.17, 15) is 9.59 Å². The minimum absolute atomic E-state index is 0.0336. The Kier molecular flexibility index (Phi) is 2.04. The number of urea groups is 1. The Hall–Kier alpha value is -1.17. The zero-order valence-electron chi connectivity index (χ0n) is 5.61. The molecule has 0 spiro atoms. The van der Waals surface area contributed by atoms with Crippen LogP contribution in [0.25, 0.3) is 0 Å². The Morgan fingerprint density at radius 2 is 2.36 bits per heavy atom. The zero-order chi connectivity index (χ0) is 8.43. The van der Waals surface area contributed by atoms with E-state index < -0.39 is 6.03 Å². The highest BCUT2D eigenvalue weighted by Gasteiger charge is 2.24. The van der Waals surface area contributed by atoms with E-state index in [2.05, 4.69) is 17.5 Å². The Morgan fingerprint density at radius 3 is 2.82 bits per heavy atom. The van der Waals surface area contributed by atoms with Crippen LogP contribution in [0.4, 0.5) is 4.79 Å². The summed E-state index contributed by atoms with van der Waals surface area (Å²) < 4.78 is 0. The molecule has 0 unspecified atom stereocenters. The largest absolute Gasteiger partial charge is 0.351 e. The Labute approximate surface area is 68.5 Å². The van der Waals surface area contributed by atoms with Gasteiger partial charge >= 0.3 is 6.03 Å². The Balaban J connectivity index is 2.65. The summed E-state index contributed by atoms with van der Waals surface area (Å²) >= 11 is 4.62. The second-order valence-corrected chi connectivity index (χ2v) is 2.39. The standard InChI is InChI=1S/C5H6N3O2S/c6-4(10)8-2-1-3(9)7-5(8)11/h1-2H2,(H2,6,10). The number of carbonyl (C=O) groups excluding carboxylic acids is 2. The molecule has 0 aromatic heterocycles. The van der Waals surface area contributed by atoms with Gasteiger partial charge in [0.1, 0.15) is 0 Å². The van der Waals surface area contributed by atoms with E-state index in [0.29, 0.717) is 0 Å². The molecule has 0 bridgehead atoms. The molecule has 1 aliphatic heterocycles. The molecule has 1 heterocycles. The molecule has 1 fully saturated rings. The number of hydrogen-bond acceptors (Lipinski definition) is 3. The van der Waals surface area contributed by atoms with Crippen LogP contribution in [0.15, 0.2) is 0 Å². The van der Waals surface area contributed by atoms with E-state index in [1.54, 1.807) is 0 Å². The van der Waals surface area contributed by atoms with E-state index in [1.807, 2.05) is 0 Å². The molecule has 2 N–H and O–H groups in total. The number of nitrogens with two attached hydrogens (primary N) is 1. The van der Waals surface area contributed by atoms with Gasteiger partial charge in [-0.05, 0) is 12.2 Å². The lowest BCUT2D eigenvalue weighted by Gasteiger charge is -2.23. The third-order valence-electron chi connectivity index (χ3n) is 1.27. The topological polar surface area (TPSA) is 77.5 Å². The van der Waals surface area contributed by atoms with Crippen LogP contribution in [0, 0.1) is 0 Å². The van der Waals surface area contributed by atoms with Crippen molar-refractivity contribution in [1.82, 2.24) is 10.2 Å². The van der Waals surface area contributed by atoms with Gasteiger partial charge in [-0.1, -0.05) is 0 Å². The van der Waals surface area contributed by atoms with Crippen LogP contribution >= 0.6 is 12.2 Å². The Bertz CT molecular complexity index is 228. The highest BCUT2D eigenvalue weighted by molar-refractivity contribution is 7.80. The number of rotatable bonds is 0. The van der Waals surface area contributed by atoms with Crippen molar-refractivity contribution < 1.29 is 9.59 Å². The third-order valence-corrected chi connectivity index (χ3v) is 1.58. The molecule has 1 saturated heterocycles. The van der Waals surface area contributed by atoms with Gasteiger partial charge in [0, 0.05) is 13.0 Å². The fraction of sp³-hybridized carbons (Fsp3) is 0.400. The number of hydrogen-bond donors (Lipinski definition) is 1. The number of nitrogens with zero attached hydrogens (tertiary/aromatic N) is 2. The smallest absolute Gasteiger partial charge is 0.321 e. The molecule has 59 valence electrons. The zero-order valence-corrected chi connectivity index (χ0v) is 6.43. The molecule has 0 aromatic rings. The van der Waals surface area contributed by atoms with Gasteiger partial charge in [0.05, 0.1) is 0 Å². The van der Waals surface area contributed by atoms with Crippen molar-refractivity contribution in [2.45, 2.75) is 6.42 Å². The maximum Gasteiger partial charge on any atom is 0.321 e. The van der Waals surface area contributed by atoms with Crippen molar-refractivity contribution in [2.24, 2.45) is 5.73 Å². The van der Waals surface area contributed by atoms with Crippen LogP contribution in [0.2, 0.25) is 0 Å². The summed E-state index contributed by atoms with van der Waals surface area (Å²) in [5.41, 5.74) is 4.93. The first-order chi connectivity index (χ1) is 5.11. The predicted octanol–water partition coefficient (Wildman–Crippen LogP) is -0.813. The van der Waals surface area contributed by atoms with E-state index in [-0.39, 0.29) is 24.0 Å². The Morgan fingerprint density at radius 1 is 1.73 bits per heavy atom.